The number of amides is 1. The number of benzene rings is 1. The molecule has 2 rings (SSSR count). The molecular formula is C14H14ClNO3. The second-order valence-corrected chi connectivity index (χ2v) is 4.16. The number of methoxy groups -OCH3 is 1. The van der Waals surface area contributed by atoms with Gasteiger partial charge in [0.05, 0.1) is 19.9 Å². The zero-order valence-corrected chi connectivity index (χ0v) is 11.3. The van der Waals surface area contributed by atoms with E-state index in [-0.39, 0.29) is 11.8 Å². The Hall–Kier alpha value is -1.94. The number of rotatable bonds is 5. The number of ether oxygens (including phenoxy) is 1. The van der Waals surface area contributed by atoms with Crippen molar-refractivity contribution in [2.75, 3.05) is 17.9 Å². The lowest BCUT2D eigenvalue weighted by molar-refractivity contribution is -0.116. The molecule has 0 aliphatic carbocycles. The average molecular weight is 280 g/mol. The van der Waals surface area contributed by atoms with E-state index in [2.05, 4.69) is 0 Å². The number of anilines is 1. The Morgan fingerprint density at radius 1 is 1.32 bits per heavy atom. The third-order valence-corrected chi connectivity index (χ3v) is 2.92. The Kier molecular flexibility index (Phi) is 4.47. The van der Waals surface area contributed by atoms with Crippen molar-refractivity contribution in [1.82, 2.24) is 0 Å². The second-order valence-electron chi connectivity index (χ2n) is 3.89. The van der Waals surface area contributed by atoms with E-state index in [0.29, 0.717) is 12.3 Å². The molecule has 2 aromatic rings. The van der Waals surface area contributed by atoms with Gasteiger partial charge >= 0.3 is 0 Å². The van der Waals surface area contributed by atoms with Gasteiger partial charge in [0.15, 0.2) is 0 Å². The van der Waals surface area contributed by atoms with Crippen LogP contribution in [-0.4, -0.2) is 18.9 Å². The highest BCUT2D eigenvalue weighted by molar-refractivity contribution is 6.29. The van der Waals surface area contributed by atoms with E-state index in [1.165, 1.54) is 0 Å². The topological polar surface area (TPSA) is 42.7 Å². The molecule has 1 heterocycles. The van der Waals surface area contributed by atoms with Crippen molar-refractivity contribution in [3.8, 4) is 5.75 Å². The SMILES string of the molecule is COc1ccc(N(Cc2ccco2)C(=O)CCl)cc1. The van der Waals surface area contributed by atoms with Gasteiger partial charge in [0, 0.05) is 5.69 Å². The lowest BCUT2D eigenvalue weighted by Gasteiger charge is -2.21. The van der Waals surface area contributed by atoms with E-state index in [0.717, 1.165) is 11.4 Å². The summed E-state index contributed by atoms with van der Waals surface area (Å²) >= 11 is 5.65. The molecule has 0 radical (unpaired) electrons. The number of alkyl halides is 1. The quantitative estimate of drug-likeness (QED) is 0.790. The zero-order chi connectivity index (χ0) is 13.7. The van der Waals surface area contributed by atoms with Gasteiger partial charge in [-0.15, -0.1) is 11.6 Å². The summed E-state index contributed by atoms with van der Waals surface area (Å²) in [5.41, 5.74) is 0.753. The molecule has 0 fully saturated rings. The minimum atomic E-state index is -0.178. The van der Waals surface area contributed by atoms with Crippen molar-refractivity contribution in [3.63, 3.8) is 0 Å². The predicted octanol–water partition coefficient (Wildman–Crippen LogP) is 3.06. The third-order valence-electron chi connectivity index (χ3n) is 2.69. The summed E-state index contributed by atoms with van der Waals surface area (Å²) in [5, 5.41) is 0. The number of nitrogens with zero attached hydrogens (tertiary/aromatic N) is 1. The Labute approximate surface area is 116 Å². The summed E-state index contributed by atoms with van der Waals surface area (Å²) in [6, 6.07) is 10.8. The largest absolute Gasteiger partial charge is 0.497 e. The fourth-order valence-electron chi connectivity index (χ4n) is 1.72. The molecule has 19 heavy (non-hydrogen) atoms. The fourth-order valence-corrected chi connectivity index (χ4v) is 1.86. The fraction of sp³-hybridized carbons (Fsp3) is 0.214. The van der Waals surface area contributed by atoms with Crippen LogP contribution < -0.4 is 9.64 Å². The smallest absolute Gasteiger partial charge is 0.242 e. The molecule has 0 bridgehead atoms. The Morgan fingerprint density at radius 2 is 2.05 bits per heavy atom. The summed E-state index contributed by atoms with van der Waals surface area (Å²) in [5.74, 6) is 1.18. The number of carbonyl (C=O) groups excluding carboxylic acids is 1. The van der Waals surface area contributed by atoms with Crippen LogP contribution in [0.3, 0.4) is 0 Å². The molecule has 100 valence electrons. The highest BCUT2D eigenvalue weighted by Gasteiger charge is 2.16. The van der Waals surface area contributed by atoms with Crippen molar-refractivity contribution >= 4 is 23.2 Å². The Balaban J connectivity index is 2.23. The number of hydrogen-bond donors (Lipinski definition) is 0. The number of carbonyl (C=O) groups is 1. The van der Waals surface area contributed by atoms with Crippen LogP contribution >= 0.6 is 11.6 Å². The van der Waals surface area contributed by atoms with E-state index < -0.39 is 0 Å². The highest BCUT2D eigenvalue weighted by Crippen LogP contribution is 2.21. The summed E-state index contributed by atoms with van der Waals surface area (Å²) < 4.78 is 10.4. The molecule has 0 spiro atoms. The lowest BCUT2D eigenvalue weighted by atomic mass is 10.2. The summed E-state index contributed by atoms with van der Waals surface area (Å²) in [6.07, 6.45) is 1.58. The monoisotopic (exact) mass is 279 g/mol. The molecule has 0 saturated carbocycles. The summed E-state index contributed by atoms with van der Waals surface area (Å²) in [7, 11) is 1.60. The molecule has 0 unspecified atom stereocenters. The first-order valence-corrected chi connectivity index (χ1v) is 6.31. The number of hydrogen-bond acceptors (Lipinski definition) is 3. The molecule has 5 heteroatoms. The molecule has 1 aromatic carbocycles. The Morgan fingerprint density at radius 3 is 2.58 bits per heavy atom. The summed E-state index contributed by atoms with van der Waals surface area (Å²) in [6.45, 7) is 0.352. The maximum atomic E-state index is 11.9. The van der Waals surface area contributed by atoms with Gasteiger partial charge in [-0.3, -0.25) is 4.79 Å². The maximum Gasteiger partial charge on any atom is 0.242 e. The zero-order valence-electron chi connectivity index (χ0n) is 10.5. The van der Waals surface area contributed by atoms with Crippen LogP contribution in [0.25, 0.3) is 0 Å². The van der Waals surface area contributed by atoms with Crippen LogP contribution in [0.2, 0.25) is 0 Å². The number of halogens is 1. The van der Waals surface area contributed by atoms with Crippen LogP contribution in [-0.2, 0) is 11.3 Å². The molecule has 0 atom stereocenters. The van der Waals surface area contributed by atoms with Gasteiger partial charge in [0.25, 0.3) is 0 Å². The minimum Gasteiger partial charge on any atom is -0.497 e. The van der Waals surface area contributed by atoms with Crippen LogP contribution in [0, 0.1) is 0 Å². The van der Waals surface area contributed by atoms with Gasteiger partial charge in [-0.2, -0.15) is 0 Å². The first kappa shape index (κ1) is 13.5. The highest BCUT2D eigenvalue weighted by atomic mass is 35.5. The van der Waals surface area contributed by atoms with Crippen LogP contribution in [0.5, 0.6) is 5.75 Å². The lowest BCUT2D eigenvalue weighted by Crippen LogP contribution is -2.31. The van der Waals surface area contributed by atoms with E-state index in [1.807, 2.05) is 18.2 Å². The van der Waals surface area contributed by atoms with Crippen molar-refractivity contribution in [3.05, 3.63) is 48.4 Å². The molecule has 1 amide bonds. The summed E-state index contributed by atoms with van der Waals surface area (Å²) in [4.78, 5) is 13.5. The van der Waals surface area contributed by atoms with E-state index in [9.17, 15) is 4.79 Å². The average Bonchev–Trinajstić information content (AvgIpc) is 2.97. The normalized spacial score (nSPS) is 10.2. The van der Waals surface area contributed by atoms with E-state index >= 15 is 0 Å². The molecule has 0 N–H and O–H groups in total. The molecule has 0 saturated heterocycles. The standard InChI is InChI=1S/C14H14ClNO3/c1-18-12-6-4-11(5-7-12)16(14(17)9-15)10-13-3-2-8-19-13/h2-8H,9-10H2,1H3. The predicted molar refractivity (Wildman–Crippen MR) is 73.6 cm³/mol. The molecule has 0 aliphatic rings. The first-order chi connectivity index (χ1) is 9.24. The molecule has 0 aliphatic heterocycles. The number of furan rings is 1. The van der Waals surface area contributed by atoms with Crippen LogP contribution in [0.4, 0.5) is 5.69 Å². The van der Waals surface area contributed by atoms with Gasteiger partial charge in [0.1, 0.15) is 17.4 Å². The van der Waals surface area contributed by atoms with Crippen LogP contribution in [0.15, 0.2) is 47.1 Å². The third kappa shape index (κ3) is 3.29. The van der Waals surface area contributed by atoms with Gasteiger partial charge in [-0.05, 0) is 36.4 Å². The van der Waals surface area contributed by atoms with Crippen molar-refractivity contribution in [2.45, 2.75) is 6.54 Å². The van der Waals surface area contributed by atoms with E-state index in [4.69, 9.17) is 20.8 Å². The van der Waals surface area contributed by atoms with Crippen molar-refractivity contribution in [2.24, 2.45) is 0 Å². The molecule has 1 aromatic heterocycles. The second kappa shape index (κ2) is 6.29. The molecular weight excluding hydrogens is 266 g/mol. The van der Waals surface area contributed by atoms with Crippen molar-refractivity contribution in [1.29, 1.82) is 0 Å². The minimum absolute atomic E-state index is 0.0766. The van der Waals surface area contributed by atoms with Gasteiger partial charge < -0.3 is 14.1 Å². The van der Waals surface area contributed by atoms with Gasteiger partial charge in [-0.1, -0.05) is 0 Å². The van der Waals surface area contributed by atoms with Gasteiger partial charge in [0.2, 0.25) is 5.91 Å². The Bertz CT molecular complexity index is 522. The first-order valence-electron chi connectivity index (χ1n) is 5.77. The van der Waals surface area contributed by atoms with Gasteiger partial charge in [-0.25, -0.2) is 0 Å². The van der Waals surface area contributed by atoms with Crippen molar-refractivity contribution < 1.29 is 13.9 Å². The molecule has 4 nitrogen and oxygen atoms in total. The van der Waals surface area contributed by atoms with Crippen LogP contribution in [0.1, 0.15) is 5.76 Å². The maximum absolute atomic E-state index is 11.9. The van der Waals surface area contributed by atoms with E-state index in [1.54, 1.807) is 36.5 Å².